The number of benzene rings is 1. The normalized spacial score (nSPS) is 10.3. The minimum absolute atomic E-state index is 0.00638. The number of carbonyl (C=O) groups is 2. The quantitative estimate of drug-likeness (QED) is 0.815. The number of nitrogens with one attached hydrogen (secondary N) is 1. The summed E-state index contributed by atoms with van der Waals surface area (Å²) in [6.45, 7) is 1.48. The molecule has 0 aliphatic heterocycles. The van der Waals surface area contributed by atoms with Crippen molar-refractivity contribution >= 4 is 22.1 Å². The van der Waals surface area contributed by atoms with E-state index in [1.165, 1.54) is 13.0 Å². The molecule has 1 aromatic rings. The predicted molar refractivity (Wildman–Crippen MR) is 69.8 cm³/mol. The SMILES string of the molecule is CCOC(=O)NS(=O)(=O)c1cc(C#N)ccc1C(=O)OC. The molecule has 0 bridgehead atoms. The Hall–Kier alpha value is -2.60. The summed E-state index contributed by atoms with van der Waals surface area (Å²) < 4.78 is 34.8. The topological polar surface area (TPSA) is 123 Å². The number of nitriles is 1. The lowest BCUT2D eigenvalue weighted by Crippen LogP contribution is -2.32. The van der Waals surface area contributed by atoms with E-state index in [1.54, 1.807) is 10.8 Å². The molecular weight excluding hydrogens is 300 g/mol. The smallest absolute Gasteiger partial charge is 0.421 e. The molecule has 0 aliphatic rings. The van der Waals surface area contributed by atoms with Gasteiger partial charge in [0.05, 0.1) is 30.9 Å². The van der Waals surface area contributed by atoms with Crippen LogP contribution in [0, 0.1) is 11.3 Å². The van der Waals surface area contributed by atoms with Gasteiger partial charge in [-0.25, -0.2) is 22.7 Å². The van der Waals surface area contributed by atoms with Gasteiger partial charge in [0, 0.05) is 0 Å². The first-order chi connectivity index (χ1) is 9.85. The summed E-state index contributed by atoms with van der Waals surface area (Å²) in [4.78, 5) is 22.3. The molecule has 0 aromatic heterocycles. The van der Waals surface area contributed by atoms with Crippen molar-refractivity contribution in [3.63, 3.8) is 0 Å². The van der Waals surface area contributed by atoms with Gasteiger partial charge in [-0.3, -0.25) is 0 Å². The second kappa shape index (κ2) is 6.71. The van der Waals surface area contributed by atoms with Crippen molar-refractivity contribution in [2.24, 2.45) is 0 Å². The van der Waals surface area contributed by atoms with Gasteiger partial charge in [0.2, 0.25) is 0 Å². The fraction of sp³-hybridized carbons (Fsp3) is 0.250. The van der Waals surface area contributed by atoms with Gasteiger partial charge in [-0.05, 0) is 25.1 Å². The van der Waals surface area contributed by atoms with E-state index < -0.39 is 27.0 Å². The summed E-state index contributed by atoms with van der Waals surface area (Å²) in [5.41, 5.74) is -0.291. The van der Waals surface area contributed by atoms with E-state index in [2.05, 4.69) is 9.47 Å². The van der Waals surface area contributed by atoms with Gasteiger partial charge in [0.15, 0.2) is 0 Å². The van der Waals surface area contributed by atoms with Crippen molar-refractivity contribution in [3.05, 3.63) is 29.3 Å². The predicted octanol–water partition coefficient (Wildman–Crippen LogP) is 0.780. The van der Waals surface area contributed by atoms with E-state index in [0.29, 0.717) is 0 Å². The first-order valence-electron chi connectivity index (χ1n) is 5.67. The zero-order valence-corrected chi connectivity index (χ0v) is 12.1. The molecule has 0 saturated carbocycles. The highest BCUT2D eigenvalue weighted by Crippen LogP contribution is 2.18. The van der Waals surface area contributed by atoms with E-state index in [-0.39, 0.29) is 17.7 Å². The molecule has 0 aliphatic carbocycles. The van der Waals surface area contributed by atoms with Crippen LogP contribution < -0.4 is 4.72 Å². The third kappa shape index (κ3) is 3.93. The van der Waals surface area contributed by atoms with Crippen molar-refractivity contribution < 1.29 is 27.5 Å². The van der Waals surface area contributed by atoms with Crippen LogP contribution in [0.5, 0.6) is 0 Å². The molecule has 1 N–H and O–H groups in total. The number of hydrogen-bond donors (Lipinski definition) is 1. The molecule has 8 nitrogen and oxygen atoms in total. The highest BCUT2D eigenvalue weighted by atomic mass is 32.2. The van der Waals surface area contributed by atoms with E-state index >= 15 is 0 Å². The molecule has 0 saturated heterocycles. The molecule has 9 heteroatoms. The summed E-state index contributed by atoms with van der Waals surface area (Å²) in [5.74, 6) is -0.913. The van der Waals surface area contributed by atoms with Crippen molar-refractivity contribution in [2.45, 2.75) is 11.8 Å². The molecule has 112 valence electrons. The van der Waals surface area contributed by atoms with Crippen molar-refractivity contribution in [2.75, 3.05) is 13.7 Å². The van der Waals surface area contributed by atoms with Crippen LogP contribution in [0.25, 0.3) is 0 Å². The Morgan fingerprint density at radius 3 is 2.57 bits per heavy atom. The van der Waals surface area contributed by atoms with E-state index in [4.69, 9.17) is 5.26 Å². The highest BCUT2D eigenvalue weighted by molar-refractivity contribution is 7.90. The van der Waals surface area contributed by atoms with Crippen LogP contribution in [0.15, 0.2) is 23.1 Å². The highest BCUT2D eigenvalue weighted by Gasteiger charge is 2.26. The van der Waals surface area contributed by atoms with Crippen LogP contribution in [0.4, 0.5) is 4.79 Å². The van der Waals surface area contributed by atoms with Crippen molar-refractivity contribution in [1.82, 2.24) is 4.72 Å². The number of sulfonamides is 1. The molecular formula is C12H12N2O6S. The monoisotopic (exact) mass is 312 g/mol. The van der Waals surface area contributed by atoms with E-state index in [1.807, 2.05) is 0 Å². The van der Waals surface area contributed by atoms with Gasteiger partial charge in [0.1, 0.15) is 4.90 Å². The zero-order chi connectivity index (χ0) is 16.0. The number of carbonyl (C=O) groups excluding carboxylic acids is 2. The fourth-order valence-electron chi connectivity index (χ4n) is 1.42. The van der Waals surface area contributed by atoms with Crippen LogP contribution >= 0.6 is 0 Å². The Labute approximate surface area is 121 Å². The van der Waals surface area contributed by atoms with Gasteiger partial charge >= 0.3 is 12.1 Å². The standard InChI is InChI=1S/C12H12N2O6S/c1-3-20-12(16)14-21(17,18)10-6-8(7-13)4-5-9(10)11(15)19-2/h4-6H,3H2,1-2H3,(H,14,16). The van der Waals surface area contributed by atoms with Crippen LogP contribution in [-0.2, 0) is 19.5 Å². The number of hydrogen-bond acceptors (Lipinski definition) is 7. The van der Waals surface area contributed by atoms with Crippen molar-refractivity contribution in [1.29, 1.82) is 5.26 Å². The largest absolute Gasteiger partial charge is 0.465 e. The Bertz CT molecular complexity index is 705. The molecule has 1 aromatic carbocycles. The van der Waals surface area contributed by atoms with E-state index in [0.717, 1.165) is 19.2 Å². The van der Waals surface area contributed by atoms with Gasteiger partial charge in [-0.1, -0.05) is 0 Å². The molecule has 21 heavy (non-hydrogen) atoms. The first kappa shape index (κ1) is 16.5. The number of amides is 1. The second-order valence-corrected chi connectivity index (χ2v) is 5.29. The molecule has 0 unspecified atom stereocenters. The third-order valence-corrected chi connectivity index (χ3v) is 3.65. The maximum absolute atomic E-state index is 12.1. The van der Waals surface area contributed by atoms with Crippen LogP contribution in [0.3, 0.4) is 0 Å². The molecule has 0 fully saturated rings. The summed E-state index contributed by atoms with van der Waals surface area (Å²) in [6.07, 6.45) is -1.18. The second-order valence-electron chi connectivity index (χ2n) is 3.64. The molecule has 0 radical (unpaired) electrons. The maximum Gasteiger partial charge on any atom is 0.421 e. The number of nitrogens with zero attached hydrogens (tertiary/aromatic N) is 1. The average molecular weight is 312 g/mol. The lowest BCUT2D eigenvalue weighted by molar-refractivity contribution is 0.0596. The van der Waals surface area contributed by atoms with Gasteiger partial charge in [0.25, 0.3) is 10.0 Å². The van der Waals surface area contributed by atoms with Crippen molar-refractivity contribution in [3.8, 4) is 6.07 Å². The summed E-state index contributed by atoms with van der Waals surface area (Å²) in [5, 5.41) is 8.81. The number of rotatable bonds is 4. The summed E-state index contributed by atoms with van der Waals surface area (Å²) in [7, 11) is -3.30. The maximum atomic E-state index is 12.1. The molecule has 1 rings (SSSR count). The first-order valence-corrected chi connectivity index (χ1v) is 7.16. The molecule has 1 amide bonds. The minimum Gasteiger partial charge on any atom is -0.465 e. The lowest BCUT2D eigenvalue weighted by Gasteiger charge is -2.10. The minimum atomic E-state index is -4.38. The molecule has 0 heterocycles. The number of esters is 1. The number of methoxy groups -OCH3 is 1. The third-order valence-electron chi connectivity index (χ3n) is 2.30. The Kier molecular flexibility index (Phi) is 5.26. The Morgan fingerprint density at radius 2 is 2.05 bits per heavy atom. The Morgan fingerprint density at radius 1 is 1.38 bits per heavy atom. The molecule has 0 spiro atoms. The van der Waals surface area contributed by atoms with Gasteiger partial charge in [-0.15, -0.1) is 0 Å². The Balaban J connectivity index is 3.35. The van der Waals surface area contributed by atoms with Gasteiger partial charge < -0.3 is 9.47 Å². The van der Waals surface area contributed by atoms with Crippen LogP contribution in [0.1, 0.15) is 22.8 Å². The summed E-state index contributed by atoms with van der Waals surface area (Å²) in [6, 6.07) is 5.10. The average Bonchev–Trinajstić information content (AvgIpc) is 2.45. The lowest BCUT2D eigenvalue weighted by atomic mass is 10.1. The van der Waals surface area contributed by atoms with E-state index in [9.17, 15) is 18.0 Å². The van der Waals surface area contributed by atoms with Crippen LogP contribution in [-0.4, -0.2) is 34.2 Å². The fourth-order valence-corrected chi connectivity index (χ4v) is 2.53. The zero-order valence-electron chi connectivity index (χ0n) is 11.2. The van der Waals surface area contributed by atoms with Gasteiger partial charge in [-0.2, -0.15) is 5.26 Å². The number of ether oxygens (including phenoxy) is 2. The molecule has 0 atom stereocenters. The van der Waals surface area contributed by atoms with Crippen LogP contribution in [0.2, 0.25) is 0 Å². The summed E-state index contributed by atoms with van der Waals surface area (Å²) >= 11 is 0.